The zero-order chi connectivity index (χ0) is 37.9. The lowest BCUT2D eigenvalue weighted by atomic mass is 9.33. The lowest BCUT2D eigenvalue weighted by molar-refractivity contribution is 1.30. The molecule has 6 nitrogen and oxygen atoms in total. The van der Waals surface area contributed by atoms with Crippen LogP contribution in [0.15, 0.2) is 183 Å². The third-order valence-corrected chi connectivity index (χ3v) is 12.6. The van der Waals surface area contributed by atoms with Crippen LogP contribution in [-0.4, -0.2) is 33.4 Å². The average molecular weight is 740 g/mol. The largest absolute Gasteiger partial charge is 0.361 e. The Kier molecular flexibility index (Phi) is 6.52. The first-order valence-electron chi connectivity index (χ1n) is 20.0. The molecule has 2 aliphatic heterocycles. The Morgan fingerprint density at radius 2 is 0.603 bits per heavy atom. The van der Waals surface area contributed by atoms with Gasteiger partial charge < -0.3 is 29.7 Å². The fourth-order valence-electron chi connectivity index (χ4n) is 10.0. The molecule has 0 amide bonds. The molecule has 13 rings (SSSR count). The van der Waals surface area contributed by atoms with Crippen LogP contribution in [0.3, 0.4) is 0 Å². The molecule has 0 unspecified atom stereocenters. The van der Waals surface area contributed by atoms with E-state index in [1.165, 1.54) is 77.1 Å². The van der Waals surface area contributed by atoms with E-state index in [0.717, 1.165) is 33.4 Å². The fourth-order valence-corrected chi connectivity index (χ4v) is 10.0. The molecule has 0 fully saturated rings. The number of anilines is 6. The van der Waals surface area contributed by atoms with Crippen LogP contribution in [-0.2, 0) is 0 Å². The highest BCUT2D eigenvalue weighted by Gasteiger charge is 2.39. The highest BCUT2D eigenvalue weighted by molar-refractivity contribution is 6.99. The Labute approximate surface area is 334 Å². The molecule has 7 aromatic carbocycles. The van der Waals surface area contributed by atoms with Crippen LogP contribution in [0, 0.1) is 0 Å². The highest BCUT2D eigenvalue weighted by atomic mass is 15.2. The van der Waals surface area contributed by atoms with Crippen molar-refractivity contribution in [1.82, 2.24) is 19.9 Å². The van der Waals surface area contributed by atoms with Crippen LogP contribution in [0.25, 0.3) is 43.6 Å². The number of H-pyrrole nitrogens is 4. The molecule has 0 spiro atoms. The number of hydrogen-bond acceptors (Lipinski definition) is 2. The summed E-state index contributed by atoms with van der Waals surface area (Å²) >= 11 is 0. The normalized spacial score (nSPS) is 13.4. The van der Waals surface area contributed by atoms with Gasteiger partial charge >= 0.3 is 0 Å². The van der Waals surface area contributed by atoms with Crippen molar-refractivity contribution in [3.05, 3.63) is 183 Å². The topological polar surface area (TPSA) is 69.6 Å². The van der Waals surface area contributed by atoms with E-state index in [4.69, 9.17) is 0 Å². The predicted molar refractivity (Wildman–Crippen MR) is 245 cm³/mol. The van der Waals surface area contributed by atoms with Gasteiger partial charge in [0.25, 0.3) is 0 Å². The van der Waals surface area contributed by atoms with Gasteiger partial charge in [-0.2, -0.15) is 0 Å². The maximum Gasteiger partial charge on any atom is 0.246 e. The Morgan fingerprint density at radius 1 is 0.310 bits per heavy atom. The number of rotatable bonds is 4. The molecular formula is C50H34B2N6. The molecule has 0 saturated heterocycles. The number of para-hydroxylation sites is 2. The number of fused-ring (bicyclic) bond motifs is 8. The minimum absolute atomic E-state index is 0.0102. The molecule has 0 atom stereocenters. The van der Waals surface area contributed by atoms with Gasteiger partial charge in [-0.15, -0.1) is 0 Å². The average Bonchev–Trinajstić information content (AvgIpc) is 4.11. The van der Waals surface area contributed by atoms with Gasteiger partial charge in [0.15, 0.2) is 0 Å². The van der Waals surface area contributed by atoms with Gasteiger partial charge in [-0.3, -0.25) is 0 Å². The van der Waals surface area contributed by atoms with Crippen LogP contribution in [0.2, 0.25) is 0 Å². The van der Waals surface area contributed by atoms with Gasteiger partial charge in [-0.05, 0) is 119 Å². The maximum absolute atomic E-state index is 3.52. The van der Waals surface area contributed by atoms with Gasteiger partial charge in [0.2, 0.25) is 13.4 Å². The molecule has 4 aromatic heterocycles. The minimum atomic E-state index is 0.0102. The fraction of sp³-hybridized carbons (Fsp3) is 0. The van der Waals surface area contributed by atoms with E-state index in [-0.39, 0.29) is 13.4 Å². The Balaban J connectivity index is 1.02. The molecule has 2 aliphatic rings. The van der Waals surface area contributed by atoms with Gasteiger partial charge in [0.05, 0.1) is 0 Å². The van der Waals surface area contributed by atoms with Crippen LogP contribution < -0.4 is 42.6 Å². The number of aromatic nitrogens is 4. The number of nitrogens with zero attached hydrogens (tertiary/aromatic N) is 2. The van der Waals surface area contributed by atoms with E-state index in [1.54, 1.807) is 0 Å². The Morgan fingerprint density at radius 3 is 0.897 bits per heavy atom. The second kappa shape index (κ2) is 12.0. The predicted octanol–water partition coefficient (Wildman–Crippen LogP) is 8.21. The number of nitrogens with one attached hydrogen (secondary N) is 4. The van der Waals surface area contributed by atoms with E-state index >= 15 is 0 Å². The van der Waals surface area contributed by atoms with Crippen molar-refractivity contribution in [3.8, 4) is 0 Å². The summed E-state index contributed by atoms with van der Waals surface area (Å²) in [5.41, 5.74) is 19.3. The van der Waals surface area contributed by atoms with E-state index in [2.05, 4.69) is 187 Å². The third-order valence-electron chi connectivity index (χ3n) is 12.6. The zero-order valence-corrected chi connectivity index (χ0v) is 31.4. The first kappa shape index (κ1) is 31.6. The molecule has 6 heterocycles. The Bertz CT molecular complexity index is 2990. The van der Waals surface area contributed by atoms with E-state index in [9.17, 15) is 0 Å². The summed E-state index contributed by atoms with van der Waals surface area (Å²) in [7, 11) is 0. The van der Waals surface area contributed by atoms with E-state index < -0.39 is 0 Å². The summed E-state index contributed by atoms with van der Waals surface area (Å²) < 4.78 is 0. The van der Waals surface area contributed by atoms with Gasteiger partial charge in [-0.25, -0.2) is 0 Å². The van der Waals surface area contributed by atoms with Crippen molar-refractivity contribution >= 4 is 124 Å². The second-order valence-electron chi connectivity index (χ2n) is 15.8. The molecule has 0 bridgehead atoms. The van der Waals surface area contributed by atoms with Crippen LogP contribution in [0.5, 0.6) is 0 Å². The SMILES string of the molecule is c1ccc(N2c3cc4cc[nH]c4cc3B(c3ccc(B4c5cc6[nH]ccc6cc5N(c5ccccc5)c5cc6cc[nH]c6cc54)cc3)c3cc4[nH]ccc4cc32)cc1. The molecular weight excluding hydrogens is 706 g/mol. The number of hydrogen-bond donors (Lipinski definition) is 4. The van der Waals surface area contributed by atoms with Crippen molar-refractivity contribution in [2.24, 2.45) is 0 Å². The van der Waals surface area contributed by atoms with Crippen molar-refractivity contribution in [2.45, 2.75) is 0 Å². The molecule has 58 heavy (non-hydrogen) atoms. The molecule has 0 radical (unpaired) electrons. The molecule has 0 saturated carbocycles. The quantitative estimate of drug-likeness (QED) is 0.138. The van der Waals surface area contributed by atoms with E-state index in [0.29, 0.717) is 0 Å². The summed E-state index contributed by atoms with van der Waals surface area (Å²) in [5.74, 6) is 0. The first-order chi connectivity index (χ1) is 28.7. The highest BCUT2D eigenvalue weighted by Crippen LogP contribution is 2.40. The van der Waals surface area contributed by atoms with Crippen LogP contribution in [0.4, 0.5) is 34.1 Å². The summed E-state index contributed by atoms with van der Waals surface area (Å²) in [6, 6.07) is 58.7. The standard InChI is InChI=1S/C50H34B2N6/c1-3-7-37(8-4-1)57-47-23-31-15-19-53-43(31)27-39(47)51(40-28-44-32(16-20-54-44)24-48(40)57)35-11-13-36(14-12-35)52-41-29-45-33(17-21-55-45)25-49(41)58(38-9-5-2-6-10-38)50-26-34-18-22-56-46(34)30-42(50)52/h1-30,53-56H. The Hall–Kier alpha value is -7.57. The van der Waals surface area contributed by atoms with Crippen molar-refractivity contribution < 1.29 is 0 Å². The number of benzene rings is 7. The van der Waals surface area contributed by atoms with Crippen LogP contribution >= 0.6 is 0 Å². The minimum Gasteiger partial charge on any atom is -0.361 e. The van der Waals surface area contributed by atoms with Crippen molar-refractivity contribution in [2.75, 3.05) is 9.80 Å². The molecule has 11 aromatic rings. The monoisotopic (exact) mass is 740 g/mol. The molecule has 8 heteroatoms. The maximum atomic E-state index is 3.52. The molecule has 270 valence electrons. The van der Waals surface area contributed by atoms with Crippen molar-refractivity contribution in [1.29, 1.82) is 0 Å². The lowest BCUT2D eigenvalue weighted by Gasteiger charge is -2.38. The summed E-state index contributed by atoms with van der Waals surface area (Å²) in [6.45, 7) is 0.0204. The van der Waals surface area contributed by atoms with Crippen LogP contribution in [0.1, 0.15) is 0 Å². The second-order valence-corrected chi connectivity index (χ2v) is 15.8. The van der Waals surface area contributed by atoms with Gasteiger partial charge in [-0.1, -0.05) is 71.6 Å². The van der Waals surface area contributed by atoms with E-state index in [1.807, 2.05) is 24.8 Å². The number of aromatic amines is 4. The molecule has 0 aliphatic carbocycles. The summed E-state index contributed by atoms with van der Waals surface area (Å²) in [5, 5.41) is 4.80. The van der Waals surface area contributed by atoms with Crippen molar-refractivity contribution in [3.63, 3.8) is 0 Å². The smallest absolute Gasteiger partial charge is 0.246 e. The van der Waals surface area contributed by atoms with Gasteiger partial charge in [0, 0.05) is 103 Å². The zero-order valence-electron chi connectivity index (χ0n) is 31.4. The van der Waals surface area contributed by atoms with Gasteiger partial charge in [0.1, 0.15) is 0 Å². The summed E-state index contributed by atoms with van der Waals surface area (Å²) in [6.07, 6.45) is 8.18. The molecule has 4 N–H and O–H groups in total. The summed E-state index contributed by atoms with van der Waals surface area (Å²) in [4.78, 5) is 19.0. The third kappa shape index (κ3) is 4.57. The first-order valence-corrected chi connectivity index (χ1v) is 20.0. The lowest BCUT2D eigenvalue weighted by Crippen LogP contribution is -2.59.